The van der Waals surface area contributed by atoms with Gasteiger partial charge in [-0.25, -0.2) is 0 Å². The fourth-order valence-electron chi connectivity index (χ4n) is 2.23. The first-order valence-corrected chi connectivity index (χ1v) is 7.97. The minimum Gasteiger partial charge on any atom is -0.406 e. The summed E-state index contributed by atoms with van der Waals surface area (Å²) in [5.74, 6) is -1.72. The third-order valence-electron chi connectivity index (χ3n) is 4.19. The Hall–Kier alpha value is -2.29. The Morgan fingerprint density at radius 3 is 2.58 bits per heavy atom. The molecule has 0 aromatic heterocycles. The Balaban J connectivity index is 2.07. The highest BCUT2D eigenvalue weighted by Gasteiger charge is 2.38. The van der Waals surface area contributed by atoms with Gasteiger partial charge in [0.05, 0.1) is 0 Å². The Bertz CT molecular complexity index is 685. The first-order chi connectivity index (χ1) is 11.9. The van der Waals surface area contributed by atoms with Crippen molar-refractivity contribution < 1.29 is 32.2 Å². The lowest BCUT2D eigenvalue weighted by Crippen LogP contribution is -2.46. The van der Waals surface area contributed by atoms with Crippen molar-refractivity contribution >= 4 is 17.5 Å². The first kappa shape index (κ1) is 20.0. The molecule has 0 aliphatic carbocycles. The molecule has 2 atom stereocenters. The van der Waals surface area contributed by atoms with Crippen LogP contribution in [0.2, 0.25) is 0 Å². The number of carbonyl (C=O) groups is 2. The third-order valence-corrected chi connectivity index (χ3v) is 4.19. The highest BCUT2D eigenvalue weighted by Crippen LogP contribution is 2.29. The number of benzene rings is 1. The van der Waals surface area contributed by atoms with Gasteiger partial charge in [-0.1, -0.05) is 33.8 Å². The van der Waals surface area contributed by atoms with Crippen LogP contribution in [0.15, 0.2) is 24.3 Å². The van der Waals surface area contributed by atoms with E-state index in [-0.39, 0.29) is 29.7 Å². The average molecular weight is 374 g/mol. The van der Waals surface area contributed by atoms with Gasteiger partial charge >= 0.3 is 6.36 Å². The maximum atomic E-state index is 12.4. The van der Waals surface area contributed by atoms with E-state index in [1.54, 1.807) is 6.92 Å². The maximum Gasteiger partial charge on any atom is 0.573 e. The van der Waals surface area contributed by atoms with Gasteiger partial charge in [-0.2, -0.15) is 0 Å². The van der Waals surface area contributed by atoms with Crippen LogP contribution in [0.4, 0.5) is 18.9 Å². The Kier molecular flexibility index (Phi) is 5.50. The van der Waals surface area contributed by atoms with E-state index in [1.807, 2.05) is 20.8 Å². The molecule has 1 aromatic rings. The van der Waals surface area contributed by atoms with Crippen LogP contribution in [0, 0.1) is 11.3 Å². The lowest BCUT2D eigenvalue weighted by atomic mass is 9.81. The second-order valence-corrected chi connectivity index (χ2v) is 7.08. The molecule has 1 aliphatic rings. The van der Waals surface area contributed by atoms with Crippen molar-refractivity contribution in [3.05, 3.63) is 24.3 Å². The standard InChI is InChI=1S/C17H21F3N2O4/c1-10(16(2,3)4)13(23)21-14-15(24)22(9-25-14)11-6-5-7-12(8-11)26-17(18,19)20/h5-8,10,14H,9H2,1-4H3,(H,21,23). The van der Waals surface area contributed by atoms with Gasteiger partial charge in [0.2, 0.25) is 12.1 Å². The van der Waals surface area contributed by atoms with E-state index in [0.717, 1.165) is 17.0 Å². The number of nitrogens with zero attached hydrogens (tertiary/aromatic N) is 1. The minimum absolute atomic E-state index is 0.178. The van der Waals surface area contributed by atoms with E-state index in [1.165, 1.54) is 12.1 Å². The number of alkyl halides is 3. The molecule has 1 N–H and O–H groups in total. The van der Waals surface area contributed by atoms with Crippen molar-refractivity contribution in [3.8, 4) is 5.75 Å². The van der Waals surface area contributed by atoms with Crippen molar-refractivity contribution in [2.75, 3.05) is 11.6 Å². The van der Waals surface area contributed by atoms with E-state index < -0.39 is 24.2 Å². The second-order valence-electron chi connectivity index (χ2n) is 7.08. The summed E-state index contributed by atoms with van der Waals surface area (Å²) in [6.45, 7) is 7.24. The molecule has 144 valence electrons. The summed E-state index contributed by atoms with van der Waals surface area (Å²) < 4.78 is 46.1. The fraction of sp³-hybridized carbons (Fsp3) is 0.529. The molecule has 6 nitrogen and oxygen atoms in total. The van der Waals surface area contributed by atoms with Crippen LogP contribution in [0.25, 0.3) is 0 Å². The molecule has 1 fully saturated rings. The zero-order chi connectivity index (χ0) is 19.7. The van der Waals surface area contributed by atoms with Gasteiger partial charge in [-0.15, -0.1) is 13.2 Å². The second kappa shape index (κ2) is 7.14. The molecule has 2 rings (SSSR count). The van der Waals surface area contributed by atoms with E-state index >= 15 is 0 Å². The van der Waals surface area contributed by atoms with Crippen LogP contribution in [0.3, 0.4) is 0 Å². The van der Waals surface area contributed by atoms with Crippen molar-refractivity contribution in [3.63, 3.8) is 0 Å². The van der Waals surface area contributed by atoms with Crippen LogP contribution in [0.1, 0.15) is 27.7 Å². The van der Waals surface area contributed by atoms with E-state index in [2.05, 4.69) is 10.1 Å². The number of halogens is 3. The lowest BCUT2D eigenvalue weighted by Gasteiger charge is -2.26. The average Bonchev–Trinajstić information content (AvgIpc) is 2.85. The van der Waals surface area contributed by atoms with Crippen LogP contribution >= 0.6 is 0 Å². The topological polar surface area (TPSA) is 67.9 Å². The molecule has 1 aliphatic heterocycles. The summed E-state index contributed by atoms with van der Waals surface area (Å²) in [6, 6.07) is 4.99. The highest BCUT2D eigenvalue weighted by molar-refractivity contribution is 5.99. The normalized spacial score (nSPS) is 19.4. The van der Waals surface area contributed by atoms with Crippen molar-refractivity contribution in [2.24, 2.45) is 11.3 Å². The molecule has 0 radical (unpaired) electrons. The van der Waals surface area contributed by atoms with E-state index in [9.17, 15) is 22.8 Å². The van der Waals surface area contributed by atoms with Crippen LogP contribution < -0.4 is 15.0 Å². The summed E-state index contributed by atoms with van der Waals surface area (Å²) in [5, 5.41) is 2.52. The molecule has 26 heavy (non-hydrogen) atoms. The van der Waals surface area contributed by atoms with Gasteiger partial charge in [-0.3, -0.25) is 14.5 Å². The molecule has 9 heteroatoms. The Morgan fingerprint density at radius 2 is 2.00 bits per heavy atom. The SMILES string of the molecule is CC(C(=O)NC1OCN(c2cccc(OC(F)(F)F)c2)C1=O)C(C)(C)C. The molecule has 1 saturated heterocycles. The van der Waals surface area contributed by atoms with Gasteiger partial charge in [0, 0.05) is 17.7 Å². The zero-order valence-corrected chi connectivity index (χ0v) is 14.9. The molecule has 2 unspecified atom stereocenters. The van der Waals surface area contributed by atoms with Gasteiger partial charge in [0.15, 0.2) is 0 Å². The van der Waals surface area contributed by atoms with Crippen LogP contribution in [-0.4, -0.2) is 31.1 Å². The quantitative estimate of drug-likeness (QED) is 0.880. The Labute approximate surface area is 149 Å². The molecule has 0 spiro atoms. The maximum absolute atomic E-state index is 12.4. The number of ether oxygens (including phenoxy) is 2. The molecule has 1 aromatic carbocycles. The summed E-state index contributed by atoms with van der Waals surface area (Å²) in [7, 11) is 0. The molecule has 2 amide bonds. The van der Waals surface area contributed by atoms with Gasteiger partial charge < -0.3 is 14.8 Å². The van der Waals surface area contributed by atoms with Crippen molar-refractivity contribution in [1.82, 2.24) is 5.32 Å². The summed E-state index contributed by atoms with van der Waals surface area (Å²) >= 11 is 0. The third kappa shape index (κ3) is 4.87. The monoisotopic (exact) mass is 374 g/mol. The number of hydrogen-bond acceptors (Lipinski definition) is 4. The smallest absolute Gasteiger partial charge is 0.406 e. The van der Waals surface area contributed by atoms with Crippen molar-refractivity contribution in [1.29, 1.82) is 0 Å². The van der Waals surface area contributed by atoms with Crippen molar-refractivity contribution in [2.45, 2.75) is 40.3 Å². The predicted octanol–water partition coefficient (Wildman–Crippen LogP) is 3.03. The predicted molar refractivity (Wildman–Crippen MR) is 87.1 cm³/mol. The van der Waals surface area contributed by atoms with Gasteiger partial charge in [0.25, 0.3) is 5.91 Å². The van der Waals surface area contributed by atoms with Gasteiger partial charge in [0.1, 0.15) is 12.5 Å². The summed E-state index contributed by atoms with van der Waals surface area (Å²) in [5.41, 5.74) is -0.119. The lowest BCUT2D eigenvalue weighted by molar-refractivity contribution is -0.274. The van der Waals surface area contributed by atoms with Crippen LogP contribution in [-0.2, 0) is 14.3 Å². The zero-order valence-electron chi connectivity index (χ0n) is 14.9. The highest BCUT2D eigenvalue weighted by atomic mass is 19.4. The molecular formula is C17H21F3N2O4. The van der Waals surface area contributed by atoms with E-state index in [0.29, 0.717) is 0 Å². The minimum atomic E-state index is -4.83. The molecule has 0 saturated carbocycles. The number of hydrogen-bond donors (Lipinski definition) is 1. The first-order valence-electron chi connectivity index (χ1n) is 7.97. The summed E-state index contributed by atoms with van der Waals surface area (Å²) in [6.07, 6.45) is -6.01. The number of rotatable bonds is 4. The van der Waals surface area contributed by atoms with E-state index in [4.69, 9.17) is 4.74 Å². The van der Waals surface area contributed by atoms with Crippen LogP contribution in [0.5, 0.6) is 5.75 Å². The number of anilines is 1. The number of nitrogens with one attached hydrogen (secondary N) is 1. The molecular weight excluding hydrogens is 353 g/mol. The fourth-order valence-corrected chi connectivity index (χ4v) is 2.23. The summed E-state index contributed by atoms with van der Waals surface area (Å²) in [4.78, 5) is 25.8. The van der Waals surface area contributed by atoms with Gasteiger partial charge in [-0.05, 0) is 17.5 Å². The Morgan fingerprint density at radius 1 is 1.35 bits per heavy atom. The largest absolute Gasteiger partial charge is 0.573 e. The number of carbonyl (C=O) groups excluding carboxylic acids is 2. The number of amides is 2. The molecule has 0 bridgehead atoms. The molecule has 1 heterocycles.